The minimum absolute atomic E-state index is 0.0251. The number of benzene rings is 2. The van der Waals surface area contributed by atoms with Crippen molar-refractivity contribution in [3.63, 3.8) is 0 Å². The molecule has 2 aromatic carbocycles. The standard InChI is InChI=1S/C70H96F2N10O7S/c1-9-80-57-22-21-47-35-52(57)54(61(80)53-36-51(38-73-58(53)43(2)88-8)77-30-29-76-25-13-12-17-50(76)39-77)37-69(6,7)42-89-67(86)55-18-14-26-81(75-55)65(84)56(33-44-31-48(47)34-49(32-44)63(71)72)74-64(83)60(45-15-10-11-16-45)78-27-23-70(40-78)24-28-79(41-70)66(85)62-59(46-19-20-46)82(62)90(87)68(3,4)5/h21-22,31-32,34-36,38,43,45-46,50,55-56,59-60,62-63,75H,9-20,23-30,33,37,39-42H2,1-8H3,(H,74,83)/t43-,50+,55-,56-,59+,60-,62+,70-,82?,90?/m0/s1. The maximum atomic E-state index is 15.5. The third-order valence-electron chi connectivity index (χ3n) is 21.8. The van der Waals surface area contributed by atoms with Gasteiger partial charge in [-0.3, -0.25) is 39.0 Å². The number of ether oxygens (including phenoxy) is 2. The molecule has 6 bridgehead atoms. The summed E-state index contributed by atoms with van der Waals surface area (Å²) in [5.74, 6) is -0.703. The van der Waals surface area contributed by atoms with Crippen molar-refractivity contribution in [2.75, 3.05) is 77.5 Å². The fraction of sp³-hybridized carbons (Fsp3) is 0.671. The van der Waals surface area contributed by atoms with E-state index in [0.717, 1.165) is 122 Å². The Kier molecular flexibility index (Phi) is 17.8. The molecule has 7 aliphatic heterocycles. The molecular formula is C70H96F2N10O7S. The Morgan fingerprint density at radius 1 is 0.911 bits per heavy atom. The summed E-state index contributed by atoms with van der Waals surface area (Å²) in [4.78, 5) is 74.4. The smallest absolute Gasteiger partial charge is 0.324 e. The number of hydrazine groups is 1. The Morgan fingerprint density at radius 2 is 1.69 bits per heavy atom. The van der Waals surface area contributed by atoms with Crippen LogP contribution < -0.4 is 15.6 Å². The molecule has 2 aromatic heterocycles. The molecule has 9 aliphatic rings. The topological polar surface area (TPSA) is 171 Å². The number of fused-ring (bicyclic) bond motifs is 7. The van der Waals surface area contributed by atoms with Gasteiger partial charge in [-0.1, -0.05) is 51.3 Å². The van der Waals surface area contributed by atoms with E-state index in [2.05, 4.69) is 69.0 Å². The van der Waals surface area contributed by atoms with Crippen LogP contribution in [0.5, 0.6) is 0 Å². The van der Waals surface area contributed by atoms with Crippen molar-refractivity contribution < 1.29 is 42.0 Å². The summed E-state index contributed by atoms with van der Waals surface area (Å²) >= 11 is -1.29. The summed E-state index contributed by atoms with van der Waals surface area (Å²) in [5.41, 5.74) is 9.77. The number of likely N-dealkylation sites (tertiary alicyclic amines) is 2. The van der Waals surface area contributed by atoms with Crippen LogP contribution in [0.1, 0.15) is 167 Å². The number of hydrogen-bond acceptors (Lipinski definition) is 13. The van der Waals surface area contributed by atoms with Gasteiger partial charge in [-0.25, -0.2) is 14.2 Å². The summed E-state index contributed by atoms with van der Waals surface area (Å²) in [5, 5.41) is 5.65. The van der Waals surface area contributed by atoms with Gasteiger partial charge < -0.3 is 33.7 Å². The van der Waals surface area contributed by atoms with Crippen LogP contribution >= 0.6 is 0 Å². The zero-order valence-corrected chi connectivity index (χ0v) is 55.2. The fourth-order valence-electron chi connectivity index (χ4n) is 16.8. The van der Waals surface area contributed by atoms with E-state index < -0.39 is 58.0 Å². The number of methoxy groups -OCH3 is 1. The molecule has 4 aromatic rings. The molecule has 9 heterocycles. The molecule has 2 unspecified atom stereocenters. The number of hydrogen-bond donors (Lipinski definition) is 2. The molecule has 13 rings (SSSR count). The number of esters is 1. The summed E-state index contributed by atoms with van der Waals surface area (Å²) in [6.45, 7) is 21.6. The second-order valence-electron chi connectivity index (χ2n) is 29.9. The molecule has 0 radical (unpaired) electrons. The van der Waals surface area contributed by atoms with Crippen LogP contribution in [0.25, 0.3) is 33.3 Å². The maximum Gasteiger partial charge on any atom is 0.324 e. The van der Waals surface area contributed by atoms with E-state index >= 15 is 18.4 Å². The van der Waals surface area contributed by atoms with Gasteiger partial charge >= 0.3 is 5.97 Å². The highest BCUT2D eigenvalue weighted by molar-refractivity contribution is 7.90. The quantitative estimate of drug-likeness (QED) is 0.0738. The van der Waals surface area contributed by atoms with Crippen LogP contribution in [0.3, 0.4) is 0 Å². The molecule has 20 heteroatoms. The normalized spacial score (nSPS) is 29.0. The minimum atomic E-state index is -2.83. The van der Waals surface area contributed by atoms with Crippen molar-refractivity contribution in [3.05, 3.63) is 71.0 Å². The first-order valence-electron chi connectivity index (χ1n) is 34.0. The van der Waals surface area contributed by atoms with Crippen LogP contribution in [0.2, 0.25) is 0 Å². The lowest BCUT2D eigenvalue weighted by Crippen LogP contribution is -2.62. The van der Waals surface area contributed by atoms with Crippen molar-refractivity contribution in [1.82, 2.24) is 44.3 Å². The first-order valence-corrected chi connectivity index (χ1v) is 35.1. The summed E-state index contributed by atoms with van der Waals surface area (Å²) in [6, 6.07) is 10.9. The number of amides is 3. The van der Waals surface area contributed by atoms with Gasteiger partial charge in [0.25, 0.3) is 12.3 Å². The second kappa shape index (κ2) is 25.3. The number of anilines is 1. The molecule has 10 atom stereocenters. The zero-order chi connectivity index (χ0) is 63.1. The van der Waals surface area contributed by atoms with E-state index in [9.17, 15) is 14.1 Å². The van der Waals surface area contributed by atoms with E-state index in [1.54, 1.807) is 13.2 Å². The molecular weight excluding hydrogens is 1160 g/mol. The first kappa shape index (κ1) is 63.5. The van der Waals surface area contributed by atoms with E-state index in [0.29, 0.717) is 75.1 Å². The van der Waals surface area contributed by atoms with Crippen LogP contribution in [0, 0.1) is 22.7 Å². The van der Waals surface area contributed by atoms with Gasteiger partial charge in [0, 0.05) is 116 Å². The number of alkyl halides is 2. The van der Waals surface area contributed by atoms with Crippen molar-refractivity contribution in [2.45, 2.75) is 205 Å². The first-order chi connectivity index (χ1) is 43.1. The summed E-state index contributed by atoms with van der Waals surface area (Å²) in [6.07, 6.45) is 11.2. The zero-order valence-electron chi connectivity index (χ0n) is 54.4. The molecule has 3 amide bonds. The van der Waals surface area contributed by atoms with Crippen molar-refractivity contribution in [2.24, 2.45) is 22.7 Å². The Bertz CT molecular complexity index is 3360. The van der Waals surface area contributed by atoms with Crippen LogP contribution in [-0.2, 0) is 59.4 Å². The van der Waals surface area contributed by atoms with Gasteiger partial charge in [-0.15, -0.1) is 4.31 Å². The van der Waals surface area contributed by atoms with E-state index in [4.69, 9.17) is 14.5 Å². The monoisotopic (exact) mass is 1260 g/mol. The third kappa shape index (κ3) is 12.6. The van der Waals surface area contributed by atoms with Crippen molar-refractivity contribution >= 4 is 51.6 Å². The number of carbonyl (C=O) groups excluding carboxylic acids is 4. The number of piperazine rings is 1. The predicted octanol–water partition coefficient (Wildman–Crippen LogP) is 9.77. The van der Waals surface area contributed by atoms with Gasteiger partial charge in [0.1, 0.15) is 16.8 Å². The Morgan fingerprint density at radius 3 is 2.43 bits per heavy atom. The fourth-order valence-corrected chi connectivity index (χ4v) is 18.3. The number of nitrogens with zero attached hydrogens (tertiary/aromatic N) is 8. The van der Waals surface area contributed by atoms with Gasteiger partial charge in [0.15, 0.2) is 6.04 Å². The highest BCUT2D eigenvalue weighted by Gasteiger charge is 2.68. The van der Waals surface area contributed by atoms with Gasteiger partial charge in [0.05, 0.1) is 48.1 Å². The number of aromatic nitrogens is 2. The number of cyclic esters (lactones) is 1. The average Bonchev–Trinajstić information content (AvgIpc) is 1.56. The number of halogens is 2. The lowest BCUT2D eigenvalue weighted by Gasteiger charge is -2.45. The van der Waals surface area contributed by atoms with Crippen molar-refractivity contribution in [1.29, 1.82) is 0 Å². The number of carbonyl (C=O) groups is 4. The SMILES string of the molecule is CCn1c(-c2cc(N3CCN4CCCC[C@@H]4C3)cnc2[C@H](C)OC)c2c3cc(ccc31)-c1cc(cc(C(F)F)c1)C[C@H](NC(=O)[C@H](C1CCCC1)N1CC[C@]3(CCN(C(=O)[C@H]4[C@@H](C5CC5)N4[S+]([O-])C(C)(C)C)C3)C1)C(=O)N1CCC[C@H](N1)C(=O)OCC(C)(C)C2. The molecule has 1 spiro atoms. The number of piperidine rings is 1. The molecule has 2 aliphatic carbocycles. The van der Waals surface area contributed by atoms with Crippen LogP contribution in [-0.4, -0.2) is 175 Å². The van der Waals surface area contributed by atoms with E-state index in [1.165, 1.54) is 30.3 Å². The van der Waals surface area contributed by atoms with Gasteiger partial charge in [-0.05, 0) is 177 Å². The average molecular weight is 1260 g/mol. The Labute approximate surface area is 533 Å². The van der Waals surface area contributed by atoms with Gasteiger partial charge in [0.2, 0.25) is 11.8 Å². The molecule has 2 N–H and O–H groups in total. The van der Waals surface area contributed by atoms with E-state index in [1.807, 2.05) is 55.2 Å². The Balaban J connectivity index is 0.841. The van der Waals surface area contributed by atoms with E-state index in [-0.39, 0.29) is 66.5 Å². The second-order valence-corrected chi connectivity index (χ2v) is 32.1. The third-order valence-corrected chi connectivity index (χ3v) is 23.7. The summed E-state index contributed by atoms with van der Waals surface area (Å²) < 4.78 is 60.9. The molecule has 8 fully saturated rings. The van der Waals surface area contributed by atoms with Crippen molar-refractivity contribution in [3.8, 4) is 22.4 Å². The van der Waals surface area contributed by atoms with Crippen LogP contribution in [0.4, 0.5) is 14.5 Å². The Hall–Kier alpha value is -5.22. The molecule has 17 nitrogen and oxygen atoms in total. The molecule has 2 saturated carbocycles. The largest absolute Gasteiger partial charge is 0.597 e. The number of rotatable bonds is 13. The number of aryl methyl sites for hydroxylation is 1. The predicted molar refractivity (Wildman–Crippen MR) is 346 cm³/mol. The lowest BCUT2D eigenvalue weighted by atomic mass is 9.84. The van der Waals surface area contributed by atoms with Crippen LogP contribution in [0.15, 0.2) is 48.7 Å². The highest BCUT2D eigenvalue weighted by Crippen LogP contribution is 2.52. The molecule has 488 valence electrons. The lowest BCUT2D eigenvalue weighted by molar-refractivity contribution is -0.155. The highest BCUT2D eigenvalue weighted by atomic mass is 32.2. The molecule has 90 heavy (non-hydrogen) atoms. The van der Waals surface area contributed by atoms with Gasteiger partial charge in [-0.2, -0.15) is 0 Å². The number of pyridine rings is 1. The summed E-state index contributed by atoms with van der Waals surface area (Å²) in [7, 11) is 1.71. The minimum Gasteiger partial charge on any atom is -0.597 e. The maximum absolute atomic E-state index is 15.5. The molecule has 6 saturated heterocycles. The number of nitrogens with one attached hydrogen (secondary N) is 2.